The summed E-state index contributed by atoms with van der Waals surface area (Å²) in [5.41, 5.74) is 28.1. The lowest BCUT2D eigenvalue weighted by Gasteiger charge is -2.33. The summed E-state index contributed by atoms with van der Waals surface area (Å²) in [4.78, 5) is 14.9. The molecule has 0 atom stereocenters. The second kappa shape index (κ2) is 35.8. The molecular formula is C138H93N9. The van der Waals surface area contributed by atoms with Gasteiger partial charge < -0.3 is 43.1 Å². The van der Waals surface area contributed by atoms with Crippen molar-refractivity contribution in [2.45, 2.75) is 0 Å². The average molecular weight is 1880 g/mol. The summed E-state index contributed by atoms with van der Waals surface area (Å²) in [7, 11) is 0. The fraction of sp³-hybridized carbons (Fsp3) is 0. The molecule has 0 saturated carbocycles. The topological polar surface area (TPSA) is 34.2 Å². The normalized spacial score (nSPS) is 11.7. The van der Waals surface area contributed by atoms with Crippen molar-refractivity contribution in [2.75, 3.05) is 29.4 Å². The first-order valence-corrected chi connectivity index (χ1v) is 50.4. The van der Waals surface area contributed by atoms with Crippen molar-refractivity contribution in [1.29, 1.82) is 0 Å². The van der Waals surface area contributed by atoms with Gasteiger partial charge in [-0.1, -0.05) is 364 Å². The van der Waals surface area contributed by atoms with Gasteiger partial charge in [0.25, 0.3) is 0 Å². The minimum atomic E-state index is 0.986. The highest BCUT2D eigenvalue weighted by molar-refractivity contribution is 6.41. The molecule has 0 bridgehead atoms. The Kier molecular flexibility index (Phi) is 20.8. The highest BCUT2D eigenvalue weighted by Crippen LogP contribution is 2.60. The van der Waals surface area contributed by atoms with Gasteiger partial charge in [-0.2, -0.15) is 0 Å². The molecule has 0 aliphatic carbocycles. The summed E-state index contributed by atoms with van der Waals surface area (Å²) in [5, 5.41) is 19.6. The molecule has 0 radical (unpaired) electrons. The number of aromatic nitrogens is 3. The third-order valence-electron chi connectivity index (χ3n) is 29.5. The van der Waals surface area contributed by atoms with Crippen molar-refractivity contribution in [3.05, 3.63) is 564 Å². The van der Waals surface area contributed by atoms with Crippen LogP contribution < -0.4 is 29.4 Å². The van der Waals surface area contributed by atoms with Gasteiger partial charge in [0.2, 0.25) is 0 Å². The zero-order valence-corrected chi connectivity index (χ0v) is 80.2. The summed E-state index contributed by atoms with van der Waals surface area (Å²) in [5.74, 6) is 0. The second-order valence-corrected chi connectivity index (χ2v) is 37.7. The van der Waals surface area contributed by atoms with E-state index < -0.39 is 0 Å². The molecule has 0 saturated heterocycles. The minimum Gasteiger partial charge on any atom is -0.309 e. The third-order valence-corrected chi connectivity index (χ3v) is 29.5. The number of rotatable bonds is 21. The van der Waals surface area contributed by atoms with Gasteiger partial charge >= 0.3 is 0 Å². The Morgan fingerprint density at radius 3 is 0.401 bits per heavy atom. The Bertz CT molecular complexity index is 8740. The van der Waals surface area contributed by atoms with Crippen molar-refractivity contribution in [3.8, 4) is 17.1 Å². The molecule has 0 aliphatic rings. The molecule has 28 aromatic rings. The van der Waals surface area contributed by atoms with E-state index in [2.05, 4.69) is 607 Å². The monoisotopic (exact) mass is 1880 g/mol. The zero-order chi connectivity index (χ0) is 96.9. The minimum absolute atomic E-state index is 0.986. The Balaban J connectivity index is 0.826. The maximum Gasteiger partial charge on any atom is 0.0663 e. The van der Waals surface area contributed by atoms with Crippen LogP contribution in [0.25, 0.3) is 147 Å². The highest BCUT2D eigenvalue weighted by atomic mass is 15.2. The molecular weight excluding hydrogens is 1780 g/mol. The van der Waals surface area contributed by atoms with Gasteiger partial charge in [0.15, 0.2) is 0 Å². The van der Waals surface area contributed by atoms with E-state index in [9.17, 15) is 0 Å². The van der Waals surface area contributed by atoms with E-state index in [0.717, 1.165) is 249 Å². The van der Waals surface area contributed by atoms with Gasteiger partial charge in [-0.05, 0) is 200 Å². The maximum absolute atomic E-state index is 2.65. The van der Waals surface area contributed by atoms with Crippen LogP contribution in [0.3, 0.4) is 0 Å². The summed E-state index contributed by atoms with van der Waals surface area (Å²) in [6.45, 7) is 0. The number of anilines is 18. The van der Waals surface area contributed by atoms with Crippen molar-refractivity contribution in [2.24, 2.45) is 0 Å². The number of benzene rings is 25. The van der Waals surface area contributed by atoms with Gasteiger partial charge in [-0.3, -0.25) is 0 Å². The number of hydrogen-bond acceptors (Lipinski definition) is 6. The van der Waals surface area contributed by atoms with E-state index >= 15 is 0 Å². The third kappa shape index (κ3) is 14.0. The van der Waals surface area contributed by atoms with Crippen LogP contribution in [0, 0.1) is 0 Å². The molecule has 147 heavy (non-hydrogen) atoms. The van der Waals surface area contributed by atoms with Crippen LogP contribution >= 0.6 is 0 Å². The van der Waals surface area contributed by atoms with E-state index in [1.807, 2.05) is 0 Å². The molecule has 9 heteroatoms. The Hall–Kier alpha value is -19.7. The summed E-state index contributed by atoms with van der Waals surface area (Å²) in [6, 6.07) is 208. The molecule has 0 unspecified atom stereocenters. The van der Waals surface area contributed by atoms with Crippen LogP contribution in [0.1, 0.15) is 0 Å². The molecule has 0 amide bonds. The molecule has 0 aliphatic heterocycles. The number of para-hydroxylation sites is 15. The van der Waals surface area contributed by atoms with E-state index in [0.29, 0.717) is 0 Å². The zero-order valence-electron chi connectivity index (χ0n) is 80.2. The van der Waals surface area contributed by atoms with Crippen molar-refractivity contribution in [1.82, 2.24) is 13.7 Å². The lowest BCUT2D eigenvalue weighted by molar-refractivity contribution is 1.17. The highest BCUT2D eigenvalue weighted by Gasteiger charge is 2.36. The van der Waals surface area contributed by atoms with Gasteiger partial charge in [0, 0.05) is 182 Å². The fourth-order valence-electron chi connectivity index (χ4n) is 23.5. The number of hydrogen-bond donors (Lipinski definition) is 0. The first-order valence-electron chi connectivity index (χ1n) is 50.4. The lowest BCUT2D eigenvalue weighted by atomic mass is 9.94. The summed E-state index contributed by atoms with van der Waals surface area (Å²) in [6.07, 6.45) is 0. The smallest absolute Gasteiger partial charge is 0.0663 e. The number of nitrogens with zero attached hydrogens (tertiary/aromatic N) is 9. The van der Waals surface area contributed by atoms with Crippen LogP contribution in [-0.2, 0) is 0 Å². The van der Waals surface area contributed by atoms with Crippen molar-refractivity contribution in [3.63, 3.8) is 0 Å². The van der Waals surface area contributed by atoms with Crippen molar-refractivity contribution >= 4 is 232 Å². The van der Waals surface area contributed by atoms with Crippen LogP contribution in [0.2, 0.25) is 0 Å². The molecule has 3 aromatic heterocycles. The standard InChI is InChI=1S/C138H93N9/c1-13-49-94(50-14-1)139(95-51-15-2-16-52-95)130-109-73-37-40-76-112(109)133(142(100-61-25-7-26-62-100)101-63-27-8-28-64-101)121-91-106(85-88-115(121)130)145-124-82-46-43-79-118(124)127-136(145)128-119-80-44-47-83-125(119)146(107-86-89-116-122(92-107)134(143(102-65-29-9-30-66-102)103-67-31-10-32-68-103)113-77-41-38-74-110(113)131(116)140(96-53-17-3-18-54-96)97-55-19-4-20-56-97)138(128)129-120-81-45-48-84-126(120)147(137(127)129)108-87-90-117-123(93-108)135(144(104-69-33-11-34-70-104)105-71-35-12-36-72-105)114-78-42-39-75-111(114)132(117)141(98-57-21-5-22-58-98)99-59-23-6-24-60-99/h1-93H. The van der Waals surface area contributed by atoms with Gasteiger partial charge in [-0.25, -0.2) is 0 Å². The Morgan fingerprint density at radius 1 is 0.109 bits per heavy atom. The van der Waals surface area contributed by atoms with Gasteiger partial charge in [-0.15, -0.1) is 0 Å². The first-order chi connectivity index (χ1) is 73.1. The van der Waals surface area contributed by atoms with Crippen LogP contribution in [0.5, 0.6) is 0 Å². The summed E-state index contributed by atoms with van der Waals surface area (Å²) < 4.78 is 7.95. The SMILES string of the molecule is c1ccc(N(c2ccccc2)c2c3ccccc3c(N(c3ccccc3)c3ccccc3)c3cc(-n4c5ccccc5c5c4c4c6ccccc6n(-c6ccc7c(N(c8ccccc8)c8ccccc8)c8ccccc8c(N(c8ccccc8)c8ccccc8)c7c6)c4c4c6ccccc6n(-c6ccc7c(N(c8ccccc8)c8ccccc8)c8ccccc8c(N(c8ccccc8)c8ccccc8)c7c6)c54)ccc23)cc1. The average Bonchev–Trinajstić information content (AvgIpc) is 1.50. The quantitative estimate of drug-likeness (QED) is 0.0527. The maximum atomic E-state index is 2.65. The van der Waals surface area contributed by atoms with E-state index in [4.69, 9.17) is 0 Å². The molecule has 25 aromatic carbocycles. The first kappa shape index (κ1) is 85.3. The van der Waals surface area contributed by atoms with E-state index in [1.165, 1.54) is 0 Å². The molecule has 28 rings (SSSR count). The largest absolute Gasteiger partial charge is 0.309 e. The molecule has 9 nitrogen and oxygen atoms in total. The van der Waals surface area contributed by atoms with E-state index in [-0.39, 0.29) is 0 Å². The number of fused-ring (bicyclic) bond motifs is 18. The van der Waals surface area contributed by atoms with Crippen LogP contribution in [-0.4, -0.2) is 13.7 Å². The second-order valence-electron chi connectivity index (χ2n) is 37.7. The Labute approximate surface area is 850 Å². The molecule has 0 fully saturated rings. The molecule has 690 valence electrons. The summed E-state index contributed by atoms with van der Waals surface area (Å²) >= 11 is 0. The van der Waals surface area contributed by atoms with E-state index in [1.54, 1.807) is 0 Å². The van der Waals surface area contributed by atoms with Crippen LogP contribution in [0.4, 0.5) is 102 Å². The molecule has 0 spiro atoms. The fourth-order valence-corrected chi connectivity index (χ4v) is 23.5. The molecule has 3 heterocycles. The predicted molar refractivity (Wildman–Crippen MR) is 623 cm³/mol. The Morgan fingerprint density at radius 2 is 0.238 bits per heavy atom. The van der Waals surface area contributed by atoms with Crippen LogP contribution in [0.15, 0.2) is 564 Å². The predicted octanol–water partition coefficient (Wildman–Crippen LogP) is 38.7. The molecule has 0 N–H and O–H groups in total. The van der Waals surface area contributed by atoms with Crippen molar-refractivity contribution < 1.29 is 0 Å². The van der Waals surface area contributed by atoms with Gasteiger partial charge in [0.05, 0.1) is 67.2 Å². The van der Waals surface area contributed by atoms with Gasteiger partial charge in [0.1, 0.15) is 0 Å². The lowest BCUT2D eigenvalue weighted by Crippen LogP contribution is -2.14.